The largest absolute Gasteiger partial charge is 0.497 e. The number of thiazole rings is 1. The summed E-state index contributed by atoms with van der Waals surface area (Å²) in [4.78, 5) is 18.4. The number of hydrogen-bond acceptors (Lipinski definition) is 6. The highest BCUT2D eigenvalue weighted by Crippen LogP contribution is 2.32. The molecule has 2 aromatic carbocycles. The first-order chi connectivity index (χ1) is 14.8. The van der Waals surface area contributed by atoms with E-state index in [1.54, 1.807) is 14.2 Å². The first kappa shape index (κ1) is 21.5. The number of aryl methyl sites for hydroxylation is 1. The zero-order valence-corrected chi connectivity index (χ0v) is 19.1. The highest BCUT2D eigenvalue weighted by atomic mass is 32.2. The fraction of sp³-hybridized carbons (Fsp3) is 0.273. The second-order valence-corrected chi connectivity index (χ2v) is 10.6. The van der Waals surface area contributed by atoms with Gasteiger partial charge < -0.3 is 4.74 Å². The number of ether oxygens (including phenoxy) is 1. The molecule has 1 saturated carbocycles. The van der Waals surface area contributed by atoms with Gasteiger partial charge in [0, 0.05) is 29.1 Å². The Morgan fingerprint density at radius 2 is 1.77 bits per heavy atom. The maximum absolute atomic E-state index is 12.6. The number of nitrogens with one attached hydrogen (secondary N) is 1. The van der Waals surface area contributed by atoms with Crippen molar-refractivity contribution in [1.29, 1.82) is 0 Å². The van der Waals surface area contributed by atoms with Gasteiger partial charge in [-0.25, -0.2) is 13.4 Å². The van der Waals surface area contributed by atoms with Gasteiger partial charge in [0.05, 0.1) is 17.7 Å². The van der Waals surface area contributed by atoms with E-state index in [2.05, 4.69) is 10.3 Å². The molecule has 1 heterocycles. The summed E-state index contributed by atoms with van der Waals surface area (Å²) in [6, 6.07) is 13.6. The van der Waals surface area contributed by atoms with Crippen LogP contribution in [0.3, 0.4) is 0 Å². The number of carbonyl (C=O) groups is 1. The van der Waals surface area contributed by atoms with Gasteiger partial charge in [-0.2, -0.15) is 4.31 Å². The Kier molecular flexibility index (Phi) is 5.83. The first-order valence-electron chi connectivity index (χ1n) is 9.81. The lowest BCUT2D eigenvalue weighted by Gasteiger charge is -2.16. The molecular weight excluding hydrogens is 434 g/mol. The molecule has 1 amide bonds. The second kappa shape index (κ2) is 8.41. The van der Waals surface area contributed by atoms with Crippen molar-refractivity contribution in [2.24, 2.45) is 0 Å². The van der Waals surface area contributed by atoms with Gasteiger partial charge in [0.1, 0.15) is 5.75 Å². The van der Waals surface area contributed by atoms with Gasteiger partial charge in [0.2, 0.25) is 10.0 Å². The molecule has 7 nitrogen and oxygen atoms in total. The maximum Gasteiger partial charge on any atom is 0.257 e. The third-order valence-electron chi connectivity index (χ3n) is 5.24. The van der Waals surface area contributed by atoms with Crippen LogP contribution in [0, 0.1) is 6.92 Å². The van der Waals surface area contributed by atoms with Gasteiger partial charge in [0.15, 0.2) is 5.13 Å². The Bertz CT molecular complexity index is 1200. The van der Waals surface area contributed by atoms with Gasteiger partial charge in [-0.3, -0.25) is 10.1 Å². The minimum absolute atomic E-state index is 0.0843. The van der Waals surface area contributed by atoms with E-state index in [1.807, 2.05) is 31.2 Å². The first-order valence-corrected chi connectivity index (χ1v) is 12.1. The van der Waals surface area contributed by atoms with Crippen LogP contribution >= 0.6 is 11.3 Å². The minimum atomic E-state index is -3.53. The van der Waals surface area contributed by atoms with Crippen molar-refractivity contribution in [2.75, 3.05) is 19.5 Å². The summed E-state index contributed by atoms with van der Waals surface area (Å²) in [5.74, 6) is 0.425. The van der Waals surface area contributed by atoms with E-state index < -0.39 is 10.0 Å². The summed E-state index contributed by atoms with van der Waals surface area (Å²) in [6.45, 7) is 1.95. The van der Waals surface area contributed by atoms with E-state index in [0.29, 0.717) is 10.7 Å². The van der Waals surface area contributed by atoms with E-state index in [0.717, 1.165) is 34.7 Å². The zero-order chi connectivity index (χ0) is 22.2. The minimum Gasteiger partial charge on any atom is -0.497 e. The number of sulfonamides is 1. The summed E-state index contributed by atoms with van der Waals surface area (Å²) in [5, 5.41) is 3.29. The number of carbonyl (C=O) groups excluding carboxylic acids is 1. The molecule has 0 saturated heterocycles. The molecule has 3 aromatic rings. The molecule has 0 spiro atoms. The fourth-order valence-electron chi connectivity index (χ4n) is 3.21. The monoisotopic (exact) mass is 457 g/mol. The molecule has 0 unspecified atom stereocenters. The molecule has 0 atom stereocenters. The van der Waals surface area contributed by atoms with Crippen molar-refractivity contribution < 1.29 is 17.9 Å². The van der Waals surface area contributed by atoms with E-state index in [4.69, 9.17) is 4.74 Å². The molecule has 1 aromatic heterocycles. The fourth-order valence-corrected chi connectivity index (χ4v) is 5.46. The van der Waals surface area contributed by atoms with Crippen molar-refractivity contribution >= 4 is 32.4 Å². The van der Waals surface area contributed by atoms with Crippen LogP contribution in [0.4, 0.5) is 5.13 Å². The SMILES string of the molecule is COc1ccc(-c2nc(NC(=O)c3ccc(S(=O)(=O)N(C)C4CC4)cc3)sc2C)cc1. The molecule has 1 aliphatic carbocycles. The molecule has 1 fully saturated rings. The third kappa shape index (κ3) is 4.48. The Hall–Kier alpha value is -2.75. The van der Waals surface area contributed by atoms with Crippen LogP contribution in [0.5, 0.6) is 5.75 Å². The van der Waals surface area contributed by atoms with Crippen LogP contribution < -0.4 is 10.1 Å². The van der Waals surface area contributed by atoms with E-state index in [-0.39, 0.29) is 16.8 Å². The summed E-state index contributed by atoms with van der Waals surface area (Å²) < 4.78 is 31.8. The summed E-state index contributed by atoms with van der Waals surface area (Å²) >= 11 is 1.39. The van der Waals surface area contributed by atoms with E-state index in [1.165, 1.54) is 39.9 Å². The lowest BCUT2D eigenvalue weighted by molar-refractivity contribution is 0.102. The van der Waals surface area contributed by atoms with Crippen LogP contribution in [0.25, 0.3) is 11.3 Å². The molecule has 0 aliphatic heterocycles. The number of aromatic nitrogens is 1. The Morgan fingerprint density at radius 3 is 2.35 bits per heavy atom. The molecule has 0 radical (unpaired) electrons. The number of amides is 1. The quantitative estimate of drug-likeness (QED) is 0.575. The van der Waals surface area contributed by atoms with Gasteiger partial charge >= 0.3 is 0 Å². The molecular formula is C22H23N3O4S2. The molecule has 31 heavy (non-hydrogen) atoms. The van der Waals surface area contributed by atoms with E-state index in [9.17, 15) is 13.2 Å². The number of anilines is 1. The van der Waals surface area contributed by atoms with Crippen molar-refractivity contribution in [3.8, 4) is 17.0 Å². The van der Waals surface area contributed by atoms with Crippen LogP contribution in [0.1, 0.15) is 28.1 Å². The smallest absolute Gasteiger partial charge is 0.257 e. The van der Waals surface area contributed by atoms with Crippen molar-refractivity contribution in [3.63, 3.8) is 0 Å². The zero-order valence-electron chi connectivity index (χ0n) is 17.5. The molecule has 162 valence electrons. The van der Waals surface area contributed by atoms with E-state index >= 15 is 0 Å². The lowest BCUT2D eigenvalue weighted by Crippen LogP contribution is -2.29. The van der Waals surface area contributed by atoms with Crippen LogP contribution in [0.2, 0.25) is 0 Å². The molecule has 1 N–H and O–H groups in total. The van der Waals surface area contributed by atoms with Crippen LogP contribution in [0.15, 0.2) is 53.4 Å². The number of rotatable bonds is 7. The van der Waals surface area contributed by atoms with Gasteiger partial charge in [-0.05, 0) is 68.3 Å². The summed E-state index contributed by atoms with van der Waals surface area (Å²) in [5.41, 5.74) is 2.10. The number of methoxy groups -OCH3 is 1. The molecule has 4 rings (SSSR count). The molecule has 9 heteroatoms. The Labute approximate surface area is 185 Å². The third-order valence-corrected chi connectivity index (χ3v) is 8.05. The summed E-state index contributed by atoms with van der Waals surface area (Å²) in [6.07, 6.45) is 1.78. The summed E-state index contributed by atoms with van der Waals surface area (Å²) in [7, 11) is -0.321. The van der Waals surface area contributed by atoms with Crippen LogP contribution in [-0.2, 0) is 10.0 Å². The van der Waals surface area contributed by atoms with Gasteiger partial charge in [0.25, 0.3) is 5.91 Å². The standard InChI is InChI=1S/C22H23N3O4S2/c1-14-20(15-4-10-18(29-3)11-5-15)23-22(30-14)24-21(26)16-6-12-19(13-7-16)31(27,28)25(2)17-8-9-17/h4-7,10-13,17H,8-9H2,1-3H3,(H,23,24,26). The predicted molar refractivity (Wildman–Crippen MR) is 121 cm³/mol. The van der Waals surface area contributed by atoms with Crippen molar-refractivity contribution in [2.45, 2.75) is 30.7 Å². The molecule has 1 aliphatic rings. The molecule has 0 bridgehead atoms. The van der Waals surface area contributed by atoms with Gasteiger partial charge in [-0.15, -0.1) is 11.3 Å². The van der Waals surface area contributed by atoms with Crippen molar-refractivity contribution in [3.05, 3.63) is 59.0 Å². The van der Waals surface area contributed by atoms with Crippen molar-refractivity contribution in [1.82, 2.24) is 9.29 Å². The Morgan fingerprint density at radius 1 is 1.13 bits per heavy atom. The Balaban J connectivity index is 1.48. The van der Waals surface area contributed by atoms with Crippen LogP contribution in [-0.4, -0.2) is 43.8 Å². The van der Waals surface area contributed by atoms with Gasteiger partial charge in [-0.1, -0.05) is 0 Å². The highest BCUT2D eigenvalue weighted by Gasteiger charge is 2.35. The number of nitrogens with zero attached hydrogens (tertiary/aromatic N) is 2. The average Bonchev–Trinajstić information content (AvgIpc) is 3.56. The second-order valence-electron chi connectivity index (χ2n) is 7.38. The maximum atomic E-state index is 12.6. The number of hydrogen-bond donors (Lipinski definition) is 1. The predicted octanol–water partition coefficient (Wildman–Crippen LogP) is 4.16. The topological polar surface area (TPSA) is 88.6 Å². The number of benzene rings is 2. The normalized spacial score (nSPS) is 13.9. The average molecular weight is 458 g/mol. The highest BCUT2D eigenvalue weighted by molar-refractivity contribution is 7.89. The lowest BCUT2D eigenvalue weighted by atomic mass is 10.1.